The van der Waals surface area contributed by atoms with Crippen molar-refractivity contribution < 1.29 is 0 Å². The molecule has 0 heteroatoms. The highest BCUT2D eigenvalue weighted by Gasteiger charge is 1.80. The summed E-state index contributed by atoms with van der Waals surface area (Å²) < 4.78 is 0. The van der Waals surface area contributed by atoms with Gasteiger partial charge in [0.25, 0.3) is 0 Å². The molecule has 0 atom stereocenters. The molecule has 0 aromatic heterocycles. The van der Waals surface area contributed by atoms with Gasteiger partial charge in [0.15, 0.2) is 0 Å². The predicted molar refractivity (Wildman–Crippen MR) is 34.4 cm³/mol. The minimum Gasteiger partial charge on any atom is -0.0654 e. The van der Waals surface area contributed by atoms with Gasteiger partial charge in [-0.25, -0.2) is 0 Å². The molecule has 0 unspecified atom stereocenters. The third kappa shape index (κ3) is 6.00. The van der Waals surface area contributed by atoms with Crippen LogP contribution in [-0.2, 0) is 0 Å². The van der Waals surface area contributed by atoms with Crippen LogP contribution in [0.2, 0.25) is 0 Å². The van der Waals surface area contributed by atoms with Crippen molar-refractivity contribution in [2.45, 2.75) is 46.0 Å². The normalized spacial score (nSPS) is 9.43. The minimum absolute atomic E-state index is 1.36. The van der Waals surface area contributed by atoms with Gasteiger partial charge in [-0.05, 0) is 0 Å². The summed E-state index contributed by atoms with van der Waals surface area (Å²) in [6.45, 7) is 4.49. The summed E-state index contributed by atoms with van der Waals surface area (Å²) in [4.78, 5) is 0. The molecule has 0 saturated carbocycles. The second-order valence-electron chi connectivity index (χ2n) is 2.06. The van der Waals surface area contributed by atoms with E-state index in [1.807, 2.05) is 0 Å². The van der Waals surface area contributed by atoms with Crippen molar-refractivity contribution in [2.75, 3.05) is 0 Å². The Kier molecular flexibility index (Phi) is 6.00. The standard InChI is InChI=1S/C7H16/c1-3-5-7-6-4-2/h3-7H2,1-2H3/i1+1. The van der Waals surface area contributed by atoms with E-state index in [2.05, 4.69) is 13.8 Å². The number of hydrogen-bond donors (Lipinski definition) is 0. The summed E-state index contributed by atoms with van der Waals surface area (Å²) in [6, 6.07) is 0. The third-order valence-corrected chi connectivity index (χ3v) is 1.21. The van der Waals surface area contributed by atoms with E-state index in [9.17, 15) is 0 Å². The quantitative estimate of drug-likeness (QED) is 0.377. The van der Waals surface area contributed by atoms with Crippen LogP contribution >= 0.6 is 0 Å². The number of unbranched alkanes of at least 4 members (excludes halogenated alkanes) is 4. The van der Waals surface area contributed by atoms with Gasteiger partial charge in [0, 0.05) is 0 Å². The minimum atomic E-state index is 1.36. The lowest BCUT2D eigenvalue weighted by Crippen LogP contribution is -1.70. The topological polar surface area (TPSA) is 0 Å². The van der Waals surface area contributed by atoms with Gasteiger partial charge in [-0.1, -0.05) is 46.0 Å². The molecule has 0 amide bonds. The zero-order valence-corrected chi connectivity index (χ0v) is 5.54. The van der Waals surface area contributed by atoms with Gasteiger partial charge >= 0.3 is 0 Å². The lowest BCUT2D eigenvalue weighted by molar-refractivity contribution is 0.656. The maximum Gasteiger partial charge on any atom is -0.0533 e. The maximum atomic E-state index is 2.25. The first-order valence-electron chi connectivity index (χ1n) is 3.41. The van der Waals surface area contributed by atoms with Crippen molar-refractivity contribution in [2.24, 2.45) is 0 Å². The molecule has 0 aliphatic rings. The predicted octanol–water partition coefficient (Wildman–Crippen LogP) is 2.98. The number of hydrogen-bond acceptors (Lipinski definition) is 0. The Morgan fingerprint density at radius 2 is 1.14 bits per heavy atom. The first-order valence-corrected chi connectivity index (χ1v) is 3.41. The molecule has 7 heavy (non-hydrogen) atoms. The molecule has 0 rings (SSSR count). The molecule has 0 aromatic carbocycles. The highest BCUT2D eigenvalue weighted by Crippen LogP contribution is 2.00. The second kappa shape index (κ2) is 6.00. The fourth-order valence-corrected chi connectivity index (χ4v) is 0.677. The van der Waals surface area contributed by atoms with E-state index in [0.717, 1.165) is 0 Å². The molecular formula is C7H16. The lowest BCUT2D eigenvalue weighted by Gasteiger charge is -1.90. The Balaban J connectivity index is 2.45. The van der Waals surface area contributed by atoms with Gasteiger partial charge in [-0.3, -0.25) is 0 Å². The van der Waals surface area contributed by atoms with Crippen molar-refractivity contribution in [3.63, 3.8) is 0 Å². The van der Waals surface area contributed by atoms with Crippen molar-refractivity contribution in [1.29, 1.82) is 0 Å². The Morgan fingerprint density at radius 3 is 1.43 bits per heavy atom. The lowest BCUT2D eigenvalue weighted by atomic mass is 10.2. The molecular weight excluding hydrogens is 85.1 g/mol. The van der Waals surface area contributed by atoms with Gasteiger partial charge in [0.1, 0.15) is 0 Å². The molecule has 0 heterocycles. The molecule has 0 N–H and O–H groups in total. The molecule has 44 valence electrons. The summed E-state index contributed by atoms with van der Waals surface area (Å²) >= 11 is 0. The zero-order valence-electron chi connectivity index (χ0n) is 5.54. The van der Waals surface area contributed by atoms with Gasteiger partial charge in [-0.2, -0.15) is 0 Å². The third-order valence-electron chi connectivity index (χ3n) is 1.21. The first kappa shape index (κ1) is 7.00. The molecule has 0 fully saturated rings. The highest BCUT2D eigenvalue weighted by atomic mass is 14.0. The molecule has 0 spiro atoms. The van der Waals surface area contributed by atoms with E-state index in [0.29, 0.717) is 0 Å². The van der Waals surface area contributed by atoms with E-state index in [-0.39, 0.29) is 0 Å². The van der Waals surface area contributed by atoms with Crippen LogP contribution < -0.4 is 0 Å². The molecule has 0 saturated heterocycles. The SMILES string of the molecule is CCCCCC[13CH3]. The Labute approximate surface area is 46.9 Å². The van der Waals surface area contributed by atoms with Crippen molar-refractivity contribution >= 4 is 0 Å². The average Bonchev–Trinajstić information content (AvgIpc) is 1.69. The smallest absolute Gasteiger partial charge is 0.0533 e. The van der Waals surface area contributed by atoms with Gasteiger partial charge in [0.05, 0.1) is 0 Å². The monoisotopic (exact) mass is 101 g/mol. The maximum absolute atomic E-state index is 2.25. The van der Waals surface area contributed by atoms with Crippen molar-refractivity contribution in [3.8, 4) is 0 Å². The van der Waals surface area contributed by atoms with Crippen LogP contribution in [0.25, 0.3) is 0 Å². The van der Waals surface area contributed by atoms with E-state index in [1.165, 1.54) is 32.1 Å². The second-order valence-corrected chi connectivity index (χ2v) is 2.06. The molecule has 0 aliphatic heterocycles. The van der Waals surface area contributed by atoms with Crippen molar-refractivity contribution in [3.05, 3.63) is 0 Å². The molecule has 0 radical (unpaired) electrons. The van der Waals surface area contributed by atoms with E-state index < -0.39 is 0 Å². The average molecular weight is 101 g/mol. The van der Waals surface area contributed by atoms with Crippen molar-refractivity contribution in [1.82, 2.24) is 0 Å². The van der Waals surface area contributed by atoms with Crippen LogP contribution in [0.4, 0.5) is 0 Å². The van der Waals surface area contributed by atoms with Crippen LogP contribution in [-0.4, -0.2) is 0 Å². The largest absolute Gasteiger partial charge is 0.0654 e. The van der Waals surface area contributed by atoms with Crippen LogP contribution in [0.15, 0.2) is 0 Å². The van der Waals surface area contributed by atoms with E-state index in [1.54, 1.807) is 0 Å². The summed E-state index contributed by atoms with van der Waals surface area (Å²) in [5.41, 5.74) is 0. The first-order chi connectivity index (χ1) is 3.41. The van der Waals surface area contributed by atoms with Crippen LogP contribution in [0.5, 0.6) is 0 Å². The number of rotatable bonds is 4. The Morgan fingerprint density at radius 1 is 0.714 bits per heavy atom. The fourth-order valence-electron chi connectivity index (χ4n) is 0.677. The summed E-state index contributed by atoms with van der Waals surface area (Å²) in [5, 5.41) is 0. The summed E-state index contributed by atoms with van der Waals surface area (Å²) in [7, 11) is 0. The summed E-state index contributed by atoms with van der Waals surface area (Å²) in [5.74, 6) is 0. The molecule has 0 aliphatic carbocycles. The van der Waals surface area contributed by atoms with Crippen LogP contribution in [0.3, 0.4) is 0 Å². The molecule has 0 aromatic rings. The van der Waals surface area contributed by atoms with Gasteiger partial charge in [-0.15, -0.1) is 0 Å². The van der Waals surface area contributed by atoms with Crippen LogP contribution in [0, 0.1) is 0 Å². The Bertz CT molecular complexity index is 19.2. The summed E-state index contributed by atoms with van der Waals surface area (Å²) in [6.07, 6.45) is 7.01. The zero-order chi connectivity index (χ0) is 5.54. The highest BCUT2D eigenvalue weighted by molar-refractivity contribution is 4.35. The molecule has 0 nitrogen and oxygen atoms in total. The van der Waals surface area contributed by atoms with Crippen LogP contribution in [0.1, 0.15) is 46.0 Å². The Hall–Kier alpha value is 0. The van der Waals surface area contributed by atoms with E-state index >= 15 is 0 Å². The van der Waals surface area contributed by atoms with Gasteiger partial charge in [0.2, 0.25) is 0 Å². The fraction of sp³-hybridized carbons (Fsp3) is 1.00. The van der Waals surface area contributed by atoms with E-state index in [4.69, 9.17) is 0 Å². The van der Waals surface area contributed by atoms with Gasteiger partial charge < -0.3 is 0 Å². The molecule has 0 bridgehead atoms.